The van der Waals surface area contributed by atoms with E-state index in [4.69, 9.17) is 18.6 Å². The Labute approximate surface area is 281 Å². The maximum atomic E-state index is 15.4. The highest BCUT2D eigenvalue weighted by atomic mass is 32.2. The maximum absolute atomic E-state index is 15.4. The molecule has 4 aromatic rings. The molecule has 0 aliphatic heterocycles. The van der Waals surface area contributed by atoms with Crippen molar-refractivity contribution in [3.63, 3.8) is 0 Å². The van der Waals surface area contributed by atoms with Gasteiger partial charge >= 0.3 is 6.09 Å². The number of pyridine rings is 1. The van der Waals surface area contributed by atoms with Gasteiger partial charge in [0.25, 0.3) is 10.1 Å². The quantitative estimate of drug-likeness (QED) is 0.116. The second-order valence-electron chi connectivity index (χ2n) is 14.3. The Balaban J connectivity index is 1.57. The fourth-order valence-corrected chi connectivity index (χ4v) is 7.09. The van der Waals surface area contributed by atoms with Crippen molar-refractivity contribution in [1.82, 2.24) is 34.6 Å². The predicted octanol–water partition coefficient (Wildman–Crippen LogP) is 5.77. The Kier molecular flexibility index (Phi) is 10.4. The normalized spacial score (nSPS) is 19.0. The number of carbonyl (C=O) groups is 1. The summed E-state index contributed by atoms with van der Waals surface area (Å²) >= 11 is 0. The first-order chi connectivity index (χ1) is 22.5. The molecule has 1 aromatic carbocycles. The first-order valence-corrected chi connectivity index (χ1v) is 21.5. The van der Waals surface area contributed by atoms with E-state index in [-0.39, 0.29) is 18.1 Å². The molecule has 5 rings (SSSR count). The van der Waals surface area contributed by atoms with Crippen LogP contribution in [-0.4, -0.2) is 82.5 Å². The van der Waals surface area contributed by atoms with Crippen molar-refractivity contribution in [2.75, 3.05) is 12.9 Å². The molecule has 1 amide bonds. The van der Waals surface area contributed by atoms with E-state index < -0.39 is 53.9 Å². The van der Waals surface area contributed by atoms with Gasteiger partial charge in [0.15, 0.2) is 5.82 Å². The summed E-state index contributed by atoms with van der Waals surface area (Å²) in [5.41, 5.74) is 0.879. The molecule has 1 aliphatic rings. The molecule has 0 radical (unpaired) electrons. The summed E-state index contributed by atoms with van der Waals surface area (Å²) in [6.07, 6.45) is 3.83. The largest absolute Gasteiger partial charge is 0.444 e. The van der Waals surface area contributed by atoms with E-state index in [2.05, 4.69) is 40.0 Å². The Hall–Kier alpha value is -3.73. The average molecular weight is 702 g/mol. The summed E-state index contributed by atoms with van der Waals surface area (Å²) in [4.78, 5) is 26.6. The molecule has 16 heteroatoms. The molecule has 3 heterocycles. The van der Waals surface area contributed by atoms with Crippen LogP contribution in [0.5, 0.6) is 0 Å². The minimum Gasteiger partial charge on any atom is -0.444 e. The number of rotatable bonds is 11. The highest BCUT2D eigenvalue weighted by Gasteiger charge is 2.41. The van der Waals surface area contributed by atoms with Crippen LogP contribution in [0.15, 0.2) is 42.9 Å². The maximum Gasteiger partial charge on any atom is 0.407 e. The zero-order valence-electron chi connectivity index (χ0n) is 28.4. The molecule has 1 aliphatic carbocycles. The van der Waals surface area contributed by atoms with Crippen LogP contribution in [0.3, 0.4) is 0 Å². The number of benzene rings is 1. The lowest BCUT2D eigenvalue weighted by Crippen LogP contribution is -2.52. The predicted molar refractivity (Wildman–Crippen MR) is 182 cm³/mol. The van der Waals surface area contributed by atoms with Crippen molar-refractivity contribution in [2.45, 2.75) is 96.2 Å². The molecule has 1 saturated carbocycles. The number of hydrogen-bond acceptors (Lipinski definition) is 10. The molecule has 3 atom stereocenters. The summed E-state index contributed by atoms with van der Waals surface area (Å²) in [7, 11) is -5.24. The zero-order valence-corrected chi connectivity index (χ0v) is 30.3. The SMILES string of the molecule is CC(C)(C)OC(=O)N[C@H]1CCC[C@@H](n2c(-c3ccccc3F)nc3cnc(-c4ncn(COCC[Si](C)(C)C)n4)cc32)[C@@H]1OS(C)(=O)=O. The number of nitrogens with zero attached hydrogens (tertiary/aromatic N) is 6. The fraction of sp³-hybridized carbons (Fsp3) is 0.531. The van der Waals surface area contributed by atoms with Gasteiger partial charge in [0.05, 0.1) is 35.6 Å². The third-order valence-corrected chi connectivity index (χ3v) is 10.1. The minimum atomic E-state index is -4.00. The van der Waals surface area contributed by atoms with Gasteiger partial charge in [-0.3, -0.25) is 9.17 Å². The molecule has 1 fully saturated rings. The zero-order chi connectivity index (χ0) is 34.9. The smallest absolute Gasteiger partial charge is 0.407 e. The summed E-state index contributed by atoms with van der Waals surface area (Å²) < 4.78 is 61.0. The van der Waals surface area contributed by atoms with E-state index >= 15 is 4.39 Å². The van der Waals surface area contributed by atoms with Crippen molar-refractivity contribution >= 4 is 35.3 Å². The molecular weight excluding hydrogens is 658 g/mol. The number of fused-ring (bicyclic) bond motifs is 1. The Bertz CT molecular complexity index is 1870. The van der Waals surface area contributed by atoms with Crippen LogP contribution in [-0.2, 0) is 30.5 Å². The number of hydrogen-bond donors (Lipinski definition) is 1. The molecule has 13 nitrogen and oxygen atoms in total. The highest BCUT2D eigenvalue weighted by molar-refractivity contribution is 7.86. The lowest BCUT2D eigenvalue weighted by atomic mass is 9.87. The number of amides is 1. The van der Waals surface area contributed by atoms with Gasteiger partial charge < -0.3 is 19.4 Å². The number of carbonyl (C=O) groups excluding carboxylic acids is 1. The van der Waals surface area contributed by atoms with Gasteiger partial charge in [-0.15, -0.1) is 5.10 Å². The molecule has 48 heavy (non-hydrogen) atoms. The van der Waals surface area contributed by atoms with Crippen LogP contribution < -0.4 is 5.32 Å². The number of halogens is 1. The third-order valence-electron chi connectivity index (χ3n) is 7.79. The third kappa shape index (κ3) is 9.03. The molecule has 0 spiro atoms. The lowest BCUT2D eigenvalue weighted by Gasteiger charge is -2.39. The molecule has 0 unspecified atom stereocenters. The standard InChI is InChI=1S/C32H44FN7O6SSi/c1-32(2,3)45-31(41)37-23-13-10-14-26(28(23)46-47(4,42)43)40-27-17-24(29-35-19-39(38-29)20-44-15-16-48(5,6)7)34-18-25(27)36-30(40)21-11-8-9-12-22(21)33/h8-9,11-12,17-19,23,26,28H,10,13-16,20H2,1-7H3,(H,37,41)/t23-,26+,28+/m0/s1. The summed E-state index contributed by atoms with van der Waals surface area (Å²) in [5.74, 6) is 0.112. The van der Waals surface area contributed by atoms with Crippen LogP contribution in [0.1, 0.15) is 46.1 Å². The molecular formula is C32H44FN7O6SSi. The second kappa shape index (κ2) is 14.0. The van der Waals surface area contributed by atoms with Crippen LogP contribution in [0.4, 0.5) is 9.18 Å². The minimum absolute atomic E-state index is 0.216. The van der Waals surface area contributed by atoms with Crippen molar-refractivity contribution in [1.29, 1.82) is 0 Å². The lowest BCUT2D eigenvalue weighted by molar-refractivity contribution is 0.0324. The Morgan fingerprint density at radius 1 is 1.15 bits per heavy atom. The fourth-order valence-electron chi connectivity index (χ4n) is 5.67. The van der Waals surface area contributed by atoms with Crippen LogP contribution in [0, 0.1) is 5.82 Å². The summed E-state index contributed by atoms with van der Waals surface area (Å²) in [6.45, 7) is 13.0. The van der Waals surface area contributed by atoms with Crippen LogP contribution in [0.2, 0.25) is 25.7 Å². The molecule has 3 aromatic heterocycles. The van der Waals surface area contributed by atoms with Crippen molar-refractivity contribution in [3.05, 3.63) is 48.7 Å². The average Bonchev–Trinajstić information content (AvgIpc) is 3.59. The van der Waals surface area contributed by atoms with Crippen LogP contribution >= 0.6 is 0 Å². The van der Waals surface area contributed by atoms with Gasteiger partial charge in [-0.05, 0) is 64.3 Å². The van der Waals surface area contributed by atoms with Crippen molar-refractivity contribution in [2.24, 2.45) is 0 Å². The first kappa shape index (κ1) is 35.6. The second-order valence-corrected chi connectivity index (χ2v) is 21.5. The van der Waals surface area contributed by atoms with Crippen molar-refractivity contribution < 1.29 is 31.3 Å². The molecule has 260 valence electrons. The first-order valence-electron chi connectivity index (χ1n) is 16.0. The van der Waals surface area contributed by atoms with Crippen LogP contribution in [0.25, 0.3) is 33.9 Å². The number of alkyl carbamates (subject to hydrolysis) is 1. The number of imidazole rings is 1. The number of aromatic nitrogens is 6. The topological polar surface area (TPSA) is 152 Å². The van der Waals surface area contributed by atoms with Gasteiger partial charge in [0.1, 0.15) is 47.6 Å². The number of ether oxygens (including phenoxy) is 2. The van der Waals surface area contributed by atoms with E-state index in [1.54, 1.807) is 66.8 Å². The van der Waals surface area contributed by atoms with Gasteiger partial charge in [0.2, 0.25) is 0 Å². The number of nitrogens with one attached hydrogen (secondary N) is 1. The van der Waals surface area contributed by atoms with E-state index in [1.165, 1.54) is 6.07 Å². The van der Waals surface area contributed by atoms with E-state index in [0.717, 1.165) is 12.3 Å². The molecule has 0 saturated heterocycles. The Morgan fingerprint density at radius 3 is 2.58 bits per heavy atom. The molecule has 0 bridgehead atoms. The van der Waals surface area contributed by atoms with E-state index in [1.807, 2.05) is 0 Å². The van der Waals surface area contributed by atoms with Gasteiger partial charge in [-0.1, -0.05) is 31.8 Å². The van der Waals surface area contributed by atoms with Gasteiger partial charge in [-0.25, -0.2) is 23.8 Å². The van der Waals surface area contributed by atoms with Gasteiger partial charge in [-0.2, -0.15) is 8.42 Å². The van der Waals surface area contributed by atoms with E-state index in [9.17, 15) is 13.2 Å². The summed E-state index contributed by atoms with van der Waals surface area (Å²) in [6, 6.07) is 7.58. The monoisotopic (exact) mass is 701 g/mol. The van der Waals surface area contributed by atoms with Gasteiger partial charge in [0, 0.05) is 14.7 Å². The highest BCUT2D eigenvalue weighted by Crippen LogP contribution is 2.39. The van der Waals surface area contributed by atoms with E-state index in [0.29, 0.717) is 48.4 Å². The Morgan fingerprint density at radius 2 is 1.90 bits per heavy atom. The van der Waals surface area contributed by atoms with Crippen molar-refractivity contribution in [3.8, 4) is 22.9 Å². The summed E-state index contributed by atoms with van der Waals surface area (Å²) in [5, 5.41) is 7.38. The molecule has 1 N–H and O–H groups in total.